The van der Waals surface area contributed by atoms with Crippen molar-refractivity contribution >= 4 is 11.0 Å². The number of ether oxygens (including phenoxy) is 2. The lowest BCUT2D eigenvalue weighted by molar-refractivity contribution is -0.0977. The van der Waals surface area contributed by atoms with E-state index in [1.54, 1.807) is 6.07 Å². The minimum atomic E-state index is -0.265. The minimum Gasteiger partial charge on any atom is -0.422 e. The molecule has 2 saturated heterocycles. The maximum Gasteiger partial charge on any atom is 0.336 e. The fourth-order valence-electron chi connectivity index (χ4n) is 3.93. The molecule has 2 aromatic rings. The lowest BCUT2D eigenvalue weighted by Crippen LogP contribution is -2.37. The van der Waals surface area contributed by atoms with Crippen molar-refractivity contribution in [1.29, 1.82) is 0 Å². The first-order valence-electron chi connectivity index (χ1n) is 9.10. The summed E-state index contributed by atoms with van der Waals surface area (Å²) in [4.78, 5) is 14.4. The quantitative estimate of drug-likeness (QED) is 0.802. The van der Waals surface area contributed by atoms with Gasteiger partial charge in [0.1, 0.15) is 5.58 Å². The molecular formula is C20H25NO4. The molecule has 1 aromatic heterocycles. The van der Waals surface area contributed by atoms with Gasteiger partial charge in [0, 0.05) is 23.9 Å². The Balaban J connectivity index is 1.51. The Morgan fingerprint density at radius 1 is 1.12 bits per heavy atom. The number of hydrogen-bond acceptors (Lipinski definition) is 5. The van der Waals surface area contributed by atoms with Crippen LogP contribution in [0.4, 0.5) is 0 Å². The fourth-order valence-corrected chi connectivity index (χ4v) is 3.93. The average Bonchev–Trinajstić information content (AvgIpc) is 3.14. The van der Waals surface area contributed by atoms with E-state index in [-0.39, 0.29) is 11.9 Å². The van der Waals surface area contributed by atoms with E-state index >= 15 is 0 Å². The van der Waals surface area contributed by atoms with Crippen LogP contribution in [0.3, 0.4) is 0 Å². The van der Waals surface area contributed by atoms with Gasteiger partial charge in [-0.25, -0.2) is 4.79 Å². The molecule has 4 rings (SSSR count). The van der Waals surface area contributed by atoms with Gasteiger partial charge in [0.05, 0.1) is 13.2 Å². The van der Waals surface area contributed by atoms with Crippen LogP contribution in [-0.2, 0) is 16.0 Å². The van der Waals surface area contributed by atoms with Gasteiger partial charge in [-0.1, -0.05) is 12.1 Å². The van der Waals surface area contributed by atoms with Gasteiger partial charge < -0.3 is 13.9 Å². The lowest BCUT2D eigenvalue weighted by atomic mass is 9.95. The third-order valence-corrected chi connectivity index (χ3v) is 5.58. The summed E-state index contributed by atoms with van der Waals surface area (Å²) in [6.45, 7) is 8.27. The van der Waals surface area contributed by atoms with Gasteiger partial charge in [-0.3, -0.25) is 4.90 Å². The van der Waals surface area contributed by atoms with Gasteiger partial charge in [0.15, 0.2) is 6.29 Å². The summed E-state index contributed by atoms with van der Waals surface area (Å²) in [5.74, 6) is 0.487. The summed E-state index contributed by atoms with van der Waals surface area (Å²) in [5.41, 5.74) is 3.71. The van der Waals surface area contributed by atoms with Crippen molar-refractivity contribution in [3.05, 3.63) is 45.3 Å². The molecule has 2 aliphatic rings. The largest absolute Gasteiger partial charge is 0.422 e. The van der Waals surface area contributed by atoms with E-state index in [0.29, 0.717) is 5.92 Å². The Morgan fingerprint density at radius 2 is 1.84 bits per heavy atom. The van der Waals surface area contributed by atoms with E-state index in [1.807, 2.05) is 13.8 Å². The third kappa shape index (κ3) is 3.36. The Bertz CT molecular complexity index is 814. The number of benzene rings is 1. The van der Waals surface area contributed by atoms with Crippen molar-refractivity contribution in [1.82, 2.24) is 4.90 Å². The smallest absolute Gasteiger partial charge is 0.336 e. The van der Waals surface area contributed by atoms with Crippen molar-refractivity contribution in [2.45, 2.75) is 39.5 Å². The lowest BCUT2D eigenvalue weighted by Gasteiger charge is -2.33. The van der Waals surface area contributed by atoms with Crippen molar-refractivity contribution in [3.8, 4) is 0 Å². The standard InChI is InChI=1S/C20H25NO4/c1-13-3-4-17-16(11-18(22)25-19(17)14(13)2)12-21-7-5-15(6-8-21)20-23-9-10-24-20/h3-4,11,15,20H,5-10,12H2,1-2H3. The van der Waals surface area contributed by atoms with Gasteiger partial charge >= 0.3 is 5.63 Å². The molecule has 0 saturated carbocycles. The van der Waals surface area contributed by atoms with Crippen molar-refractivity contribution in [2.75, 3.05) is 26.3 Å². The second-order valence-electron chi connectivity index (χ2n) is 7.20. The second-order valence-corrected chi connectivity index (χ2v) is 7.20. The van der Waals surface area contributed by atoms with E-state index in [2.05, 4.69) is 17.0 Å². The number of nitrogens with zero attached hydrogens (tertiary/aromatic N) is 1. The van der Waals surface area contributed by atoms with Crippen LogP contribution in [0.5, 0.6) is 0 Å². The summed E-state index contributed by atoms with van der Waals surface area (Å²) < 4.78 is 16.8. The van der Waals surface area contributed by atoms with E-state index in [4.69, 9.17) is 13.9 Å². The zero-order valence-electron chi connectivity index (χ0n) is 14.9. The van der Waals surface area contributed by atoms with Crippen LogP contribution in [0.1, 0.15) is 29.5 Å². The third-order valence-electron chi connectivity index (χ3n) is 5.58. The predicted octanol–water partition coefficient (Wildman–Crippen LogP) is 2.99. The molecule has 5 heteroatoms. The Hall–Kier alpha value is -1.69. The van der Waals surface area contributed by atoms with Gasteiger partial charge in [-0.05, 0) is 56.5 Å². The summed E-state index contributed by atoms with van der Waals surface area (Å²) in [5, 5.41) is 1.05. The highest BCUT2D eigenvalue weighted by Gasteiger charge is 2.30. The predicted molar refractivity (Wildman–Crippen MR) is 95.7 cm³/mol. The number of likely N-dealkylation sites (tertiary alicyclic amines) is 1. The highest BCUT2D eigenvalue weighted by molar-refractivity contribution is 5.83. The first kappa shape index (κ1) is 16.8. The molecule has 0 unspecified atom stereocenters. The summed E-state index contributed by atoms with van der Waals surface area (Å²) in [6, 6.07) is 5.82. The molecule has 2 fully saturated rings. The first-order chi connectivity index (χ1) is 12.1. The van der Waals surface area contributed by atoms with Crippen LogP contribution in [0.2, 0.25) is 0 Å². The van der Waals surface area contributed by atoms with E-state index in [9.17, 15) is 4.79 Å². The van der Waals surface area contributed by atoms with Crippen LogP contribution < -0.4 is 5.63 Å². The SMILES string of the molecule is Cc1ccc2c(CN3CCC(C4OCCO4)CC3)cc(=O)oc2c1C. The molecule has 2 aliphatic heterocycles. The summed E-state index contributed by atoms with van der Waals surface area (Å²) in [7, 11) is 0. The molecule has 0 atom stereocenters. The Morgan fingerprint density at radius 3 is 2.56 bits per heavy atom. The van der Waals surface area contributed by atoms with Crippen LogP contribution in [0, 0.1) is 19.8 Å². The zero-order valence-corrected chi connectivity index (χ0v) is 14.9. The molecule has 0 amide bonds. The maximum absolute atomic E-state index is 12.0. The highest BCUT2D eigenvalue weighted by Crippen LogP contribution is 2.28. The molecule has 0 bridgehead atoms. The monoisotopic (exact) mass is 343 g/mol. The molecule has 5 nitrogen and oxygen atoms in total. The normalized spacial score (nSPS) is 20.6. The van der Waals surface area contributed by atoms with E-state index in [0.717, 1.165) is 73.3 Å². The molecular weight excluding hydrogens is 318 g/mol. The number of hydrogen-bond donors (Lipinski definition) is 0. The van der Waals surface area contributed by atoms with Gasteiger partial charge in [-0.2, -0.15) is 0 Å². The second kappa shape index (κ2) is 6.90. The Kier molecular flexibility index (Phi) is 4.63. The maximum atomic E-state index is 12.0. The fraction of sp³-hybridized carbons (Fsp3) is 0.550. The van der Waals surface area contributed by atoms with Crippen molar-refractivity contribution in [3.63, 3.8) is 0 Å². The molecule has 0 radical (unpaired) electrons. The number of piperidine rings is 1. The molecule has 3 heterocycles. The van der Waals surface area contributed by atoms with Gasteiger partial charge in [0.25, 0.3) is 0 Å². The van der Waals surface area contributed by atoms with Crippen LogP contribution >= 0.6 is 0 Å². The minimum absolute atomic E-state index is 0.0163. The van der Waals surface area contributed by atoms with Gasteiger partial charge in [0.2, 0.25) is 0 Å². The topological polar surface area (TPSA) is 51.9 Å². The molecule has 134 valence electrons. The number of rotatable bonds is 3. The summed E-state index contributed by atoms with van der Waals surface area (Å²) >= 11 is 0. The molecule has 1 aromatic carbocycles. The molecule has 25 heavy (non-hydrogen) atoms. The van der Waals surface area contributed by atoms with Crippen molar-refractivity contribution < 1.29 is 13.9 Å². The van der Waals surface area contributed by atoms with Crippen molar-refractivity contribution in [2.24, 2.45) is 5.92 Å². The van der Waals surface area contributed by atoms with E-state index in [1.165, 1.54) is 0 Å². The molecule has 0 spiro atoms. The average molecular weight is 343 g/mol. The zero-order chi connectivity index (χ0) is 17.4. The number of aryl methyl sites for hydroxylation is 2. The summed E-state index contributed by atoms with van der Waals surface area (Å²) in [6.07, 6.45) is 2.13. The highest BCUT2D eigenvalue weighted by atomic mass is 16.7. The molecule has 0 aliphatic carbocycles. The van der Waals surface area contributed by atoms with E-state index < -0.39 is 0 Å². The number of fused-ring (bicyclic) bond motifs is 1. The van der Waals surface area contributed by atoms with Crippen LogP contribution in [0.15, 0.2) is 27.4 Å². The first-order valence-corrected chi connectivity index (χ1v) is 9.10. The molecule has 0 N–H and O–H groups in total. The Labute approximate surface area is 147 Å². The van der Waals surface area contributed by atoms with Crippen LogP contribution in [0.25, 0.3) is 11.0 Å². The van der Waals surface area contributed by atoms with Crippen LogP contribution in [-0.4, -0.2) is 37.5 Å². The van der Waals surface area contributed by atoms with Gasteiger partial charge in [-0.15, -0.1) is 0 Å².